The van der Waals surface area contributed by atoms with Crippen molar-refractivity contribution in [2.75, 3.05) is 52.7 Å². The van der Waals surface area contributed by atoms with Crippen molar-refractivity contribution in [2.24, 2.45) is 0 Å². The number of rotatable bonds is 18. The highest BCUT2D eigenvalue weighted by molar-refractivity contribution is 6.12. The number of cyclic esters (lactones) is 1. The van der Waals surface area contributed by atoms with Crippen LogP contribution in [0.15, 0.2) is 59.4 Å². The van der Waals surface area contributed by atoms with Gasteiger partial charge < -0.3 is 50.8 Å². The summed E-state index contributed by atoms with van der Waals surface area (Å²) in [6.07, 6.45) is 5.40. The second-order valence-electron chi connectivity index (χ2n) is 17.1. The molecule has 2 aromatic carbocycles. The van der Waals surface area contributed by atoms with Crippen molar-refractivity contribution in [1.82, 2.24) is 41.0 Å². The minimum Gasteiger partial charge on any atom is -0.458 e. The average Bonchev–Trinajstić information content (AvgIpc) is 3.94. The van der Waals surface area contributed by atoms with Crippen LogP contribution in [0.4, 0.5) is 4.39 Å². The van der Waals surface area contributed by atoms with Crippen molar-refractivity contribution in [2.45, 2.75) is 91.9 Å². The molecule has 2 aromatic heterocycles. The van der Waals surface area contributed by atoms with Gasteiger partial charge in [0.1, 0.15) is 19.2 Å². The van der Waals surface area contributed by atoms with Crippen molar-refractivity contribution in [3.05, 3.63) is 110 Å². The second-order valence-corrected chi connectivity index (χ2v) is 17.1. The SMILES string of the molecule is CC.Cc1c(F)cc2nc3c(c4c2c1CCC4)Cn1c-3cc2c(c1=O)COC(=O)C2O.Cc1ccccc1.O=C(CCCCCN1C(=O)C=CC1=O)NCC(=O)NCC(=O)NCC(=O)NCC(=O)NCOCCO. The molecule has 7 N–H and O–H groups in total. The van der Waals surface area contributed by atoms with E-state index in [1.54, 1.807) is 17.6 Å². The summed E-state index contributed by atoms with van der Waals surface area (Å²) >= 11 is 0. The Bertz CT molecular complexity index is 2820. The molecule has 396 valence electrons. The van der Waals surface area contributed by atoms with E-state index >= 15 is 0 Å². The first-order valence-corrected chi connectivity index (χ1v) is 24.4. The summed E-state index contributed by atoms with van der Waals surface area (Å²) < 4.78 is 25.9. The number of carbonyl (C=O) groups excluding carboxylic acids is 8. The van der Waals surface area contributed by atoms with Crippen molar-refractivity contribution in [3.8, 4) is 11.4 Å². The molecule has 8 rings (SSSR count). The van der Waals surface area contributed by atoms with E-state index in [4.69, 9.17) is 19.6 Å². The van der Waals surface area contributed by atoms with Crippen LogP contribution in [0, 0.1) is 19.7 Å². The molecular formula is C52H63FN8O13. The normalized spacial score (nSPS) is 14.3. The number of ether oxygens (including phenoxy) is 2. The quantitative estimate of drug-likeness (QED) is 0.0284. The Morgan fingerprint density at radius 3 is 1.96 bits per heavy atom. The number of imide groups is 1. The lowest BCUT2D eigenvalue weighted by atomic mass is 9.85. The molecule has 0 radical (unpaired) electrons. The summed E-state index contributed by atoms with van der Waals surface area (Å²) in [7, 11) is 0. The molecule has 1 atom stereocenters. The van der Waals surface area contributed by atoms with Crippen molar-refractivity contribution < 1.29 is 62.4 Å². The van der Waals surface area contributed by atoms with E-state index in [9.17, 15) is 52.6 Å². The number of aliphatic hydroxyl groups is 2. The van der Waals surface area contributed by atoms with Crippen LogP contribution in [-0.4, -0.2) is 125 Å². The van der Waals surface area contributed by atoms with E-state index in [0.717, 1.165) is 46.2 Å². The average molecular weight is 1030 g/mol. The van der Waals surface area contributed by atoms with Crippen LogP contribution in [0.25, 0.3) is 22.3 Å². The van der Waals surface area contributed by atoms with E-state index in [2.05, 4.69) is 45.6 Å². The molecule has 0 saturated heterocycles. The number of nitrogens with one attached hydrogen (secondary N) is 5. The summed E-state index contributed by atoms with van der Waals surface area (Å²) in [5.74, 6) is -4.46. The molecular weight excluding hydrogens is 964 g/mol. The number of esters is 1. The van der Waals surface area contributed by atoms with Crippen LogP contribution in [0.1, 0.15) is 91.0 Å². The maximum atomic E-state index is 14.5. The van der Waals surface area contributed by atoms with Gasteiger partial charge in [0.2, 0.25) is 29.5 Å². The molecule has 0 bridgehead atoms. The highest BCUT2D eigenvalue weighted by Crippen LogP contribution is 2.42. The molecule has 0 saturated carbocycles. The van der Waals surface area contributed by atoms with Gasteiger partial charge in [0.15, 0.2) is 6.10 Å². The zero-order chi connectivity index (χ0) is 53.9. The van der Waals surface area contributed by atoms with Gasteiger partial charge in [-0.2, -0.15) is 0 Å². The zero-order valence-corrected chi connectivity index (χ0v) is 41.9. The summed E-state index contributed by atoms with van der Waals surface area (Å²) in [5.41, 5.74) is 7.18. The Kier molecular flexibility index (Phi) is 21.6. The summed E-state index contributed by atoms with van der Waals surface area (Å²) in [6, 6.07) is 13.4. The number of hydrogen-bond donors (Lipinski definition) is 7. The minimum atomic E-state index is -1.48. The first-order chi connectivity index (χ1) is 35.6. The van der Waals surface area contributed by atoms with E-state index in [-0.39, 0.29) is 87.3 Å². The topological polar surface area (TPSA) is 294 Å². The van der Waals surface area contributed by atoms with Gasteiger partial charge in [-0.25, -0.2) is 14.2 Å². The fourth-order valence-corrected chi connectivity index (χ4v) is 8.30. The van der Waals surface area contributed by atoms with Gasteiger partial charge in [0.25, 0.3) is 17.4 Å². The predicted molar refractivity (Wildman–Crippen MR) is 267 cm³/mol. The van der Waals surface area contributed by atoms with Gasteiger partial charge in [0, 0.05) is 47.7 Å². The number of pyridine rings is 2. The third-order valence-corrected chi connectivity index (χ3v) is 12.1. The van der Waals surface area contributed by atoms with Crippen LogP contribution in [0.3, 0.4) is 0 Å². The number of hydrogen-bond acceptors (Lipinski definition) is 14. The molecule has 0 fully saturated rings. The van der Waals surface area contributed by atoms with E-state index in [1.807, 2.05) is 32.0 Å². The molecule has 22 heteroatoms. The van der Waals surface area contributed by atoms with Crippen molar-refractivity contribution in [3.63, 3.8) is 0 Å². The van der Waals surface area contributed by atoms with Gasteiger partial charge >= 0.3 is 5.97 Å². The Morgan fingerprint density at radius 2 is 1.36 bits per heavy atom. The zero-order valence-electron chi connectivity index (χ0n) is 41.9. The number of amides is 7. The van der Waals surface area contributed by atoms with E-state index in [0.29, 0.717) is 53.8 Å². The maximum absolute atomic E-state index is 14.5. The van der Waals surface area contributed by atoms with Gasteiger partial charge in [-0.05, 0) is 68.7 Å². The standard InChI is InChI=1S/C22H17FN2O4.C21H32N6O9.C7H8.C2H6/c1-9-10-3-2-4-11-13-7-25-17(19(13)24-16(18(10)11)6-15(9)23)5-12-14(21(25)27)8-29-22(28)20(12)26;28-8-9-36-14-26-19(33)13-25-18(32)12-24-17(31)11-23-16(30)10-22-15(29)4-2-1-3-7-27-20(34)5-6-21(27)35;1-7-5-3-2-4-6-7;1-2/h5-6,20,26H,2-4,7-8H2,1H3;5-6,28H,1-4,7-14H2,(H,22,29)(H,23,30)(H,24,31)(H,25,32)(H,26,33);2-6H,1H3;1-2H3. The van der Waals surface area contributed by atoms with Crippen LogP contribution in [0.5, 0.6) is 0 Å². The molecule has 1 unspecified atom stereocenters. The van der Waals surface area contributed by atoms with E-state index < -0.39 is 48.8 Å². The lowest BCUT2D eigenvalue weighted by molar-refractivity contribution is -0.157. The number of benzene rings is 2. The summed E-state index contributed by atoms with van der Waals surface area (Å²) in [4.78, 5) is 112. The molecule has 0 spiro atoms. The number of halogens is 1. The summed E-state index contributed by atoms with van der Waals surface area (Å²) in [5, 5.41) is 31.4. The van der Waals surface area contributed by atoms with Gasteiger partial charge in [-0.1, -0.05) is 56.2 Å². The number of aromatic nitrogens is 2. The number of fused-ring (bicyclic) bond motifs is 5. The van der Waals surface area contributed by atoms with Crippen molar-refractivity contribution in [1.29, 1.82) is 0 Å². The first kappa shape index (κ1) is 57.2. The number of aryl methyl sites for hydroxylation is 3. The Hall–Kier alpha value is -7.69. The highest BCUT2D eigenvalue weighted by atomic mass is 19.1. The second kappa shape index (κ2) is 27.9. The lowest BCUT2D eigenvalue weighted by Crippen LogP contribution is -2.45. The van der Waals surface area contributed by atoms with Crippen LogP contribution in [0.2, 0.25) is 0 Å². The number of carbonyl (C=O) groups is 8. The number of nitrogens with zero attached hydrogens (tertiary/aromatic N) is 3. The highest BCUT2D eigenvalue weighted by Gasteiger charge is 2.35. The Balaban J connectivity index is 0.000000237. The third kappa shape index (κ3) is 15.2. The fraction of sp³-hybridized carbons (Fsp3) is 0.423. The van der Waals surface area contributed by atoms with E-state index in [1.165, 1.54) is 23.8 Å². The first-order valence-electron chi connectivity index (χ1n) is 24.4. The van der Waals surface area contributed by atoms with Crippen molar-refractivity contribution >= 4 is 58.2 Å². The summed E-state index contributed by atoms with van der Waals surface area (Å²) in [6.45, 7) is 6.71. The number of unbranched alkanes of at least 4 members (excludes halogenated alkanes) is 2. The smallest absolute Gasteiger partial charge is 0.340 e. The molecule has 5 heterocycles. The predicted octanol–water partition coefficient (Wildman–Crippen LogP) is 1.49. The maximum Gasteiger partial charge on any atom is 0.340 e. The van der Waals surface area contributed by atoms with Crippen LogP contribution >= 0.6 is 0 Å². The third-order valence-electron chi connectivity index (χ3n) is 12.1. The van der Waals surface area contributed by atoms with Gasteiger partial charge in [-0.3, -0.25) is 43.3 Å². The van der Waals surface area contributed by atoms with Crippen LogP contribution in [-0.2, 0) is 73.8 Å². The lowest BCUT2D eigenvalue weighted by Gasteiger charge is -2.22. The minimum absolute atomic E-state index is 0.0642. The van der Waals surface area contributed by atoms with Gasteiger partial charge in [0.05, 0.1) is 68.4 Å². The van der Waals surface area contributed by atoms with Gasteiger partial charge in [-0.15, -0.1) is 0 Å². The molecule has 3 aliphatic heterocycles. The Labute approximate surface area is 426 Å². The largest absolute Gasteiger partial charge is 0.458 e. The number of aliphatic hydroxyl groups excluding tert-OH is 2. The van der Waals surface area contributed by atoms with Crippen LogP contribution < -0.4 is 32.1 Å². The molecule has 4 aliphatic rings. The molecule has 7 amide bonds. The monoisotopic (exact) mass is 1030 g/mol. The molecule has 74 heavy (non-hydrogen) atoms. The fourth-order valence-electron chi connectivity index (χ4n) is 8.30. The molecule has 1 aliphatic carbocycles. The molecule has 21 nitrogen and oxygen atoms in total. The Morgan fingerprint density at radius 1 is 0.770 bits per heavy atom. The molecule has 4 aromatic rings.